The van der Waals surface area contributed by atoms with Gasteiger partial charge in [0.1, 0.15) is 0 Å². The molecule has 0 saturated carbocycles. The highest BCUT2D eigenvalue weighted by Gasteiger charge is 2.40. The van der Waals surface area contributed by atoms with Crippen LogP contribution in [0.3, 0.4) is 0 Å². The summed E-state index contributed by atoms with van der Waals surface area (Å²) >= 11 is 0. The second-order valence-electron chi connectivity index (χ2n) is 6.25. The smallest absolute Gasteiger partial charge is 0.308 e. The molecular formula is C13H26N2O3. The summed E-state index contributed by atoms with van der Waals surface area (Å²) in [7, 11) is 0. The van der Waals surface area contributed by atoms with Gasteiger partial charge in [-0.15, -0.1) is 0 Å². The van der Waals surface area contributed by atoms with Crippen LogP contribution in [0.2, 0.25) is 0 Å². The van der Waals surface area contributed by atoms with Crippen molar-refractivity contribution in [2.24, 2.45) is 23.0 Å². The summed E-state index contributed by atoms with van der Waals surface area (Å²) in [6.45, 7) is 10.9. The van der Waals surface area contributed by atoms with E-state index in [0.29, 0.717) is 0 Å². The minimum atomic E-state index is -0.893. The topological polar surface area (TPSA) is 92.4 Å². The van der Waals surface area contributed by atoms with Gasteiger partial charge in [0.15, 0.2) is 0 Å². The lowest BCUT2D eigenvalue weighted by atomic mass is 9.74. The Hall–Kier alpha value is -1.10. The molecule has 0 spiro atoms. The fourth-order valence-electron chi connectivity index (χ4n) is 1.32. The number of carboxylic acids is 1. The highest BCUT2D eigenvalue weighted by molar-refractivity contribution is 5.83. The van der Waals surface area contributed by atoms with E-state index in [-0.39, 0.29) is 18.4 Å². The van der Waals surface area contributed by atoms with Crippen LogP contribution in [0.5, 0.6) is 0 Å². The largest absolute Gasteiger partial charge is 0.481 e. The Bertz CT molecular complexity index is 317. The van der Waals surface area contributed by atoms with E-state index in [4.69, 9.17) is 10.8 Å². The second kappa shape index (κ2) is 5.69. The average Bonchev–Trinajstić information content (AvgIpc) is 2.14. The van der Waals surface area contributed by atoms with Gasteiger partial charge in [-0.2, -0.15) is 0 Å². The van der Waals surface area contributed by atoms with Crippen molar-refractivity contribution < 1.29 is 14.7 Å². The third kappa shape index (κ3) is 3.98. The van der Waals surface area contributed by atoms with E-state index in [9.17, 15) is 9.59 Å². The summed E-state index contributed by atoms with van der Waals surface area (Å²) in [4.78, 5) is 23.1. The zero-order valence-electron chi connectivity index (χ0n) is 12.2. The predicted molar refractivity (Wildman–Crippen MR) is 71.0 cm³/mol. The van der Waals surface area contributed by atoms with Crippen LogP contribution in [0.15, 0.2) is 0 Å². The number of hydrogen-bond donors (Lipinski definition) is 3. The van der Waals surface area contributed by atoms with Crippen LogP contribution in [0.4, 0.5) is 0 Å². The summed E-state index contributed by atoms with van der Waals surface area (Å²) < 4.78 is 0. The third-order valence-electron chi connectivity index (χ3n) is 3.78. The van der Waals surface area contributed by atoms with E-state index >= 15 is 0 Å². The molecule has 5 heteroatoms. The first-order valence-electron chi connectivity index (χ1n) is 6.21. The number of nitrogens with one attached hydrogen (secondary N) is 1. The van der Waals surface area contributed by atoms with E-state index in [1.165, 1.54) is 0 Å². The predicted octanol–water partition coefficient (Wildman–Crippen LogP) is 1.22. The van der Waals surface area contributed by atoms with Gasteiger partial charge in [0, 0.05) is 12.1 Å². The van der Waals surface area contributed by atoms with E-state index in [1.54, 1.807) is 27.7 Å². The lowest BCUT2D eigenvalue weighted by Gasteiger charge is -2.37. The molecule has 0 rings (SSSR count). The molecule has 0 aromatic heterocycles. The molecule has 0 saturated heterocycles. The van der Waals surface area contributed by atoms with Crippen LogP contribution in [-0.2, 0) is 9.59 Å². The third-order valence-corrected chi connectivity index (χ3v) is 3.78. The number of nitrogens with two attached hydrogens (primary N) is 1. The zero-order chi connectivity index (χ0) is 14.7. The Morgan fingerprint density at radius 1 is 1.22 bits per heavy atom. The SMILES string of the molecule is CC(C)C(CNC(=O)C(C)(C)C(C)(C)N)C(=O)O. The minimum Gasteiger partial charge on any atom is -0.481 e. The van der Waals surface area contributed by atoms with Gasteiger partial charge in [0.05, 0.1) is 11.3 Å². The highest BCUT2D eigenvalue weighted by atomic mass is 16.4. The van der Waals surface area contributed by atoms with Crippen LogP contribution in [-0.4, -0.2) is 29.1 Å². The van der Waals surface area contributed by atoms with Crippen molar-refractivity contribution in [3.63, 3.8) is 0 Å². The number of carbonyl (C=O) groups excluding carboxylic acids is 1. The fourth-order valence-corrected chi connectivity index (χ4v) is 1.32. The van der Waals surface area contributed by atoms with Crippen molar-refractivity contribution in [1.29, 1.82) is 0 Å². The summed E-state index contributed by atoms with van der Waals surface area (Å²) in [6, 6.07) is 0. The molecule has 106 valence electrons. The van der Waals surface area contributed by atoms with Gasteiger partial charge in [0.2, 0.25) is 5.91 Å². The molecule has 0 heterocycles. The fraction of sp³-hybridized carbons (Fsp3) is 0.846. The van der Waals surface area contributed by atoms with E-state index in [2.05, 4.69) is 5.32 Å². The van der Waals surface area contributed by atoms with Crippen molar-refractivity contribution >= 4 is 11.9 Å². The molecule has 0 aromatic carbocycles. The second-order valence-corrected chi connectivity index (χ2v) is 6.25. The molecule has 1 unspecified atom stereocenters. The summed E-state index contributed by atoms with van der Waals surface area (Å²) in [5.41, 5.74) is 4.53. The molecule has 0 aromatic rings. The number of amides is 1. The van der Waals surface area contributed by atoms with E-state index in [0.717, 1.165) is 0 Å². The van der Waals surface area contributed by atoms with E-state index in [1.807, 2.05) is 13.8 Å². The van der Waals surface area contributed by atoms with Crippen molar-refractivity contribution in [2.75, 3.05) is 6.54 Å². The standard InChI is InChI=1S/C13H26N2O3/c1-8(2)9(10(16)17)7-15-11(18)12(3,4)13(5,6)14/h8-9H,7,14H2,1-6H3,(H,15,18)(H,16,17). The van der Waals surface area contributed by atoms with Gasteiger partial charge in [-0.25, -0.2) is 0 Å². The molecule has 0 radical (unpaired) electrons. The first kappa shape index (κ1) is 16.9. The van der Waals surface area contributed by atoms with Gasteiger partial charge in [0.25, 0.3) is 0 Å². The van der Waals surface area contributed by atoms with Crippen molar-refractivity contribution in [1.82, 2.24) is 5.32 Å². The Morgan fingerprint density at radius 2 is 1.67 bits per heavy atom. The normalized spacial score (nSPS) is 14.4. The number of carbonyl (C=O) groups is 2. The summed E-state index contributed by atoms with van der Waals surface area (Å²) in [5, 5.41) is 11.7. The van der Waals surface area contributed by atoms with Crippen LogP contribution >= 0.6 is 0 Å². The van der Waals surface area contributed by atoms with Gasteiger partial charge in [-0.1, -0.05) is 13.8 Å². The van der Waals surface area contributed by atoms with Crippen molar-refractivity contribution in [3.8, 4) is 0 Å². The van der Waals surface area contributed by atoms with Crippen molar-refractivity contribution in [2.45, 2.75) is 47.1 Å². The molecule has 1 amide bonds. The summed E-state index contributed by atoms with van der Waals surface area (Å²) in [6.07, 6.45) is 0. The number of carboxylic acid groups (broad SMARTS) is 1. The van der Waals surface area contributed by atoms with Gasteiger partial charge < -0.3 is 16.2 Å². The molecule has 1 atom stereocenters. The maximum Gasteiger partial charge on any atom is 0.308 e. The van der Waals surface area contributed by atoms with Crippen LogP contribution < -0.4 is 11.1 Å². The molecular weight excluding hydrogens is 232 g/mol. The number of aliphatic carboxylic acids is 1. The lowest BCUT2D eigenvalue weighted by molar-refractivity contribution is -0.143. The number of rotatable bonds is 6. The quantitative estimate of drug-likeness (QED) is 0.668. The van der Waals surface area contributed by atoms with Crippen molar-refractivity contribution in [3.05, 3.63) is 0 Å². The van der Waals surface area contributed by atoms with Gasteiger partial charge in [-0.3, -0.25) is 9.59 Å². The van der Waals surface area contributed by atoms with Gasteiger partial charge >= 0.3 is 5.97 Å². The average molecular weight is 258 g/mol. The monoisotopic (exact) mass is 258 g/mol. The molecule has 0 bridgehead atoms. The highest BCUT2D eigenvalue weighted by Crippen LogP contribution is 2.28. The minimum absolute atomic E-state index is 0.0307. The summed E-state index contributed by atoms with van der Waals surface area (Å²) in [5.74, 6) is -1.72. The number of hydrogen-bond acceptors (Lipinski definition) is 3. The maximum atomic E-state index is 12.1. The lowest BCUT2D eigenvalue weighted by Crippen LogP contribution is -2.56. The van der Waals surface area contributed by atoms with Gasteiger partial charge in [-0.05, 0) is 33.6 Å². The molecule has 5 nitrogen and oxygen atoms in total. The van der Waals surface area contributed by atoms with Crippen LogP contribution in [0.1, 0.15) is 41.5 Å². The molecule has 0 aliphatic heterocycles. The van der Waals surface area contributed by atoms with E-state index < -0.39 is 22.8 Å². The molecule has 0 aliphatic rings. The Kier molecular flexibility index (Phi) is 5.35. The molecule has 0 fully saturated rings. The van der Waals surface area contributed by atoms with Crippen LogP contribution in [0.25, 0.3) is 0 Å². The molecule has 0 aliphatic carbocycles. The maximum absolute atomic E-state index is 12.1. The zero-order valence-corrected chi connectivity index (χ0v) is 12.2. The molecule has 18 heavy (non-hydrogen) atoms. The van der Waals surface area contributed by atoms with Crippen LogP contribution in [0, 0.1) is 17.3 Å². The molecule has 4 N–H and O–H groups in total. The first-order chi connectivity index (χ1) is 7.91. The Labute approximate surface area is 109 Å². The Morgan fingerprint density at radius 3 is 1.94 bits per heavy atom. The first-order valence-corrected chi connectivity index (χ1v) is 6.21. The Balaban J connectivity index is 4.65.